The van der Waals surface area contributed by atoms with Gasteiger partial charge in [-0.05, 0) is 56.7 Å². The molecule has 0 saturated heterocycles. The number of benzene rings is 1. The van der Waals surface area contributed by atoms with Gasteiger partial charge in [0.05, 0.1) is 0 Å². The van der Waals surface area contributed by atoms with Crippen molar-refractivity contribution in [3.05, 3.63) is 58.4 Å². The second kappa shape index (κ2) is 8.71. The number of carbonyl (C=O) groups excluding carboxylic acids is 2. The molecule has 1 aromatic carbocycles. The van der Waals surface area contributed by atoms with Crippen LogP contribution < -0.4 is 10.0 Å². The van der Waals surface area contributed by atoms with E-state index in [0.29, 0.717) is 9.76 Å². The molecule has 6 nitrogen and oxygen atoms in total. The third kappa shape index (κ3) is 5.23. The van der Waals surface area contributed by atoms with E-state index in [9.17, 15) is 14.8 Å². The van der Waals surface area contributed by atoms with E-state index >= 15 is 0 Å². The molecule has 7 heteroatoms. The molecule has 0 radical (unpaired) electrons. The van der Waals surface area contributed by atoms with Crippen LogP contribution >= 0.6 is 11.8 Å². The van der Waals surface area contributed by atoms with Crippen LogP contribution in [0.2, 0.25) is 0 Å². The van der Waals surface area contributed by atoms with Crippen molar-refractivity contribution >= 4 is 29.3 Å². The molecule has 0 bridgehead atoms. The standard InChI is InChI=1S/C19H22N2O4S/c1-12-9-13(2)18(14(3)10-12)20-19(23)15(4)25-17(22)11-26-16-7-5-6-8-21(16)24/h5-10,15H,11H2,1-4H3,(H,20,23). The maximum absolute atomic E-state index is 12.3. The van der Waals surface area contributed by atoms with E-state index in [1.807, 2.05) is 32.9 Å². The Hall–Kier alpha value is -2.54. The molecule has 26 heavy (non-hydrogen) atoms. The number of amides is 1. The first kappa shape index (κ1) is 19.8. The highest BCUT2D eigenvalue weighted by Crippen LogP contribution is 2.22. The van der Waals surface area contributed by atoms with Gasteiger partial charge in [0.25, 0.3) is 10.9 Å². The van der Waals surface area contributed by atoms with E-state index < -0.39 is 18.0 Å². The second-order valence-electron chi connectivity index (χ2n) is 6.05. The van der Waals surface area contributed by atoms with Crippen LogP contribution in [-0.2, 0) is 14.3 Å². The highest BCUT2D eigenvalue weighted by Gasteiger charge is 2.20. The number of hydrogen-bond donors (Lipinski definition) is 1. The fraction of sp³-hybridized carbons (Fsp3) is 0.316. The summed E-state index contributed by atoms with van der Waals surface area (Å²) < 4.78 is 5.84. The molecule has 1 atom stereocenters. The molecule has 0 spiro atoms. The topological polar surface area (TPSA) is 82.3 Å². The van der Waals surface area contributed by atoms with Crippen LogP contribution in [0, 0.1) is 26.0 Å². The van der Waals surface area contributed by atoms with Gasteiger partial charge in [-0.2, -0.15) is 4.73 Å². The third-order valence-electron chi connectivity index (χ3n) is 3.73. The lowest BCUT2D eigenvalue weighted by molar-refractivity contribution is -0.645. The van der Waals surface area contributed by atoms with Gasteiger partial charge < -0.3 is 15.3 Å². The van der Waals surface area contributed by atoms with Gasteiger partial charge in [0, 0.05) is 17.8 Å². The minimum atomic E-state index is -0.932. The van der Waals surface area contributed by atoms with Crippen molar-refractivity contribution in [2.75, 3.05) is 11.1 Å². The first-order valence-corrected chi connectivity index (χ1v) is 9.15. The van der Waals surface area contributed by atoms with Crippen molar-refractivity contribution in [2.24, 2.45) is 0 Å². The highest BCUT2D eigenvalue weighted by molar-refractivity contribution is 7.99. The summed E-state index contributed by atoms with van der Waals surface area (Å²) in [7, 11) is 0. The Balaban J connectivity index is 1.90. The van der Waals surface area contributed by atoms with Crippen LogP contribution in [0.1, 0.15) is 23.6 Å². The predicted molar refractivity (Wildman–Crippen MR) is 101 cm³/mol. The van der Waals surface area contributed by atoms with Crippen LogP contribution in [-0.4, -0.2) is 23.7 Å². The molecule has 2 rings (SSSR count). The lowest BCUT2D eigenvalue weighted by Crippen LogP contribution is -2.31. The number of nitrogens with one attached hydrogen (secondary N) is 1. The van der Waals surface area contributed by atoms with Gasteiger partial charge in [-0.25, -0.2) is 0 Å². The Kier molecular flexibility index (Phi) is 6.63. The van der Waals surface area contributed by atoms with Gasteiger partial charge in [0.15, 0.2) is 12.3 Å². The smallest absolute Gasteiger partial charge is 0.317 e. The Morgan fingerprint density at radius 1 is 1.23 bits per heavy atom. The van der Waals surface area contributed by atoms with Crippen molar-refractivity contribution in [1.29, 1.82) is 0 Å². The van der Waals surface area contributed by atoms with E-state index in [1.54, 1.807) is 18.2 Å². The number of thioether (sulfide) groups is 1. The summed E-state index contributed by atoms with van der Waals surface area (Å²) in [6, 6.07) is 8.90. The fourth-order valence-electron chi connectivity index (χ4n) is 2.54. The summed E-state index contributed by atoms with van der Waals surface area (Å²) in [5, 5.41) is 14.7. The molecule has 1 unspecified atom stereocenters. The largest absolute Gasteiger partial charge is 0.618 e. The van der Waals surface area contributed by atoms with Crippen LogP contribution in [0.25, 0.3) is 0 Å². The maximum Gasteiger partial charge on any atom is 0.317 e. The van der Waals surface area contributed by atoms with Crippen LogP contribution in [0.4, 0.5) is 5.69 Å². The van der Waals surface area contributed by atoms with Gasteiger partial charge in [-0.1, -0.05) is 17.7 Å². The minimum absolute atomic E-state index is 0.0491. The Morgan fingerprint density at radius 3 is 2.50 bits per heavy atom. The molecule has 138 valence electrons. The van der Waals surface area contributed by atoms with Crippen LogP contribution in [0.15, 0.2) is 41.6 Å². The van der Waals surface area contributed by atoms with Crippen molar-refractivity contribution < 1.29 is 19.1 Å². The van der Waals surface area contributed by atoms with E-state index in [-0.39, 0.29) is 5.75 Å². The molecule has 0 saturated carbocycles. The fourth-order valence-corrected chi connectivity index (χ4v) is 3.24. The zero-order chi connectivity index (χ0) is 19.3. The van der Waals surface area contributed by atoms with E-state index in [4.69, 9.17) is 4.74 Å². The molecule has 0 fully saturated rings. The molecular weight excluding hydrogens is 352 g/mol. The minimum Gasteiger partial charge on any atom is -0.618 e. The summed E-state index contributed by atoms with van der Waals surface area (Å²) in [6.07, 6.45) is 0.425. The Bertz CT molecular complexity index is 800. The number of carbonyl (C=O) groups is 2. The molecule has 1 N–H and O–H groups in total. The molecule has 1 amide bonds. The predicted octanol–water partition coefficient (Wildman–Crippen LogP) is 2.91. The molecule has 0 aliphatic heterocycles. The SMILES string of the molecule is Cc1cc(C)c(NC(=O)C(C)OC(=O)CSc2cccc[n+]2[O-])c(C)c1. The normalized spacial score (nSPS) is 11.7. The molecule has 0 aliphatic rings. The van der Waals surface area contributed by atoms with Gasteiger partial charge >= 0.3 is 5.97 Å². The van der Waals surface area contributed by atoms with Crippen molar-refractivity contribution in [3.63, 3.8) is 0 Å². The third-order valence-corrected chi connectivity index (χ3v) is 4.72. The zero-order valence-electron chi connectivity index (χ0n) is 15.2. The average Bonchev–Trinajstić information content (AvgIpc) is 2.57. The second-order valence-corrected chi connectivity index (χ2v) is 7.04. The van der Waals surface area contributed by atoms with Gasteiger partial charge in [-0.15, -0.1) is 0 Å². The maximum atomic E-state index is 12.3. The van der Waals surface area contributed by atoms with Crippen LogP contribution in [0.3, 0.4) is 0 Å². The number of aromatic nitrogens is 1. The Labute approximate surface area is 157 Å². The summed E-state index contributed by atoms with van der Waals surface area (Å²) >= 11 is 1.06. The van der Waals surface area contributed by atoms with Crippen molar-refractivity contribution in [2.45, 2.75) is 38.8 Å². The number of hydrogen-bond acceptors (Lipinski definition) is 5. The summed E-state index contributed by atoms with van der Waals surface area (Å²) in [5.74, 6) is -0.997. The van der Waals surface area contributed by atoms with Gasteiger partial charge in [0.1, 0.15) is 5.75 Å². The number of rotatable bonds is 6. The number of anilines is 1. The van der Waals surface area contributed by atoms with Gasteiger partial charge in [0.2, 0.25) is 0 Å². The highest BCUT2D eigenvalue weighted by atomic mass is 32.2. The lowest BCUT2D eigenvalue weighted by atomic mass is 10.0. The van der Waals surface area contributed by atoms with Crippen LogP contribution in [0.5, 0.6) is 0 Å². The molecule has 1 heterocycles. The number of nitrogens with zero attached hydrogens (tertiary/aromatic N) is 1. The van der Waals surface area contributed by atoms with Crippen molar-refractivity contribution in [1.82, 2.24) is 0 Å². The number of esters is 1. The number of ether oxygens (including phenoxy) is 1. The zero-order valence-corrected chi connectivity index (χ0v) is 16.1. The molecule has 2 aromatic rings. The quantitative estimate of drug-likeness (QED) is 0.364. The van der Waals surface area contributed by atoms with E-state index in [1.165, 1.54) is 13.1 Å². The monoisotopic (exact) mass is 374 g/mol. The van der Waals surface area contributed by atoms with Gasteiger partial charge in [-0.3, -0.25) is 9.59 Å². The molecule has 1 aromatic heterocycles. The molecular formula is C19H22N2O4S. The summed E-state index contributed by atoms with van der Waals surface area (Å²) in [5.41, 5.74) is 3.75. The van der Waals surface area contributed by atoms with E-state index in [2.05, 4.69) is 5.32 Å². The summed E-state index contributed by atoms with van der Waals surface area (Å²) in [4.78, 5) is 24.3. The average molecular weight is 374 g/mol. The summed E-state index contributed by atoms with van der Waals surface area (Å²) in [6.45, 7) is 7.35. The number of pyridine rings is 1. The Morgan fingerprint density at radius 2 is 1.88 bits per heavy atom. The first-order valence-electron chi connectivity index (χ1n) is 8.17. The first-order chi connectivity index (χ1) is 12.3. The van der Waals surface area contributed by atoms with Crippen molar-refractivity contribution in [3.8, 4) is 0 Å². The lowest BCUT2D eigenvalue weighted by Gasteiger charge is -2.16. The molecule has 0 aliphatic carbocycles. The number of aryl methyl sites for hydroxylation is 3. The van der Waals surface area contributed by atoms with E-state index in [0.717, 1.165) is 34.1 Å².